The minimum Gasteiger partial charge on any atom is -0.496 e. The topological polar surface area (TPSA) is 54.9 Å². The molecular formula is C20H28IN3O2. The van der Waals surface area contributed by atoms with Crippen LogP contribution >= 0.6 is 24.0 Å². The molecule has 0 fully saturated rings. The van der Waals surface area contributed by atoms with E-state index >= 15 is 0 Å². The van der Waals surface area contributed by atoms with Crippen molar-refractivity contribution < 1.29 is 9.47 Å². The number of methoxy groups -OCH3 is 1. The number of nitrogens with one attached hydrogen (secondary N) is 2. The van der Waals surface area contributed by atoms with E-state index in [0.29, 0.717) is 13.1 Å². The number of ether oxygens (including phenoxy) is 2. The third-order valence-electron chi connectivity index (χ3n) is 3.78. The number of hydrogen-bond acceptors (Lipinski definition) is 3. The second-order valence-electron chi connectivity index (χ2n) is 5.86. The van der Waals surface area contributed by atoms with Gasteiger partial charge in [-0.15, -0.1) is 24.0 Å². The quantitative estimate of drug-likeness (QED) is 0.369. The van der Waals surface area contributed by atoms with Crippen LogP contribution in [-0.4, -0.2) is 32.8 Å². The number of halogens is 1. The van der Waals surface area contributed by atoms with Crippen molar-refractivity contribution in [2.75, 3.05) is 20.7 Å². The van der Waals surface area contributed by atoms with Crippen LogP contribution in [0, 0.1) is 6.92 Å². The van der Waals surface area contributed by atoms with E-state index in [4.69, 9.17) is 9.47 Å². The fourth-order valence-corrected chi connectivity index (χ4v) is 2.38. The molecule has 0 radical (unpaired) electrons. The molecule has 6 heteroatoms. The Bertz CT molecular complexity index is 690. The van der Waals surface area contributed by atoms with Crippen molar-refractivity contribution in [2.45, 2.75) is 26.5 Å². The van der Waals surface area contributed by atoms with Crippen LogP contribution < -0.4 is 20.1 Å². The number of nitrogens with zero attached hydrogens (tertiary/aromatic N) is 1. The third-order valence-corrected chi connectivity index (χ3v) is 3.78. The van der Waals surface area contributed by atoms with Gasteiger partial charge in [0.1, 0.15) is 17.6 Å². The molecule has 0 aliphatic rings. The van der Waals surface area contributed by atoms with Crippen molar-refractivity contribution in [3.05, 3.63) is 59.7 Å². The van der Waals surface area contributed by atoms with Gasteiger partial charge >= 0.3 is 0 Å². The Morgan fingerprint density at radius 2 is 1.77 bits per heavy atom. The summed E-state index contributed by atoms with van der Waals surface area (Å²) in [5.41, 5.74) is 2.30. The van der Waals surface area contributed by atoms with Gasteiger partial charge in [-0.25, -0.2) is 0 Å². The highest BCUT2D eigenvalue weighted by molar-refractivity contribution is 14.0. The lowest BCUT2D eigenvalue weighted by Gasteiger charge is -2.18. The maximum atomic E-state index is 5.90. The Balaban J connectivity index is 0.00000338. The number of benzene rings is 2. The van der Waals surface area contributed by atoms with E-state index in [9.17, 15) is 0 Å². The highest BCUT2D eigenvalue weighted by Crippen LogP contribution is 2.16. The largest absolute Gasteiger partial charge is 0.496 e. The number of rotatable bonds is 7. The van der Waals surface area contributed by atoms with Crippen LogP contribution in [0.1, 0.15) is 18.1 Å². The summed E-state index contributed by atoms with van der Waals surface area (Å²) in [6.07, 6.45) is 0.0208. The van der Waals surface area contributed by atoms with Gasteiger partial charge in [0, 0.05) is 19.2 Å². The van der Waals surface area contributed by atoms with Gasteiger partial charge in [-0.2, -0.15) is 0 Å². The molecule has 0 bridgehead atoms. The van der Waals surface area contributed by atoms with Crippen LogP contribution in [0.25, 0.3) is 0 Å². The first-order valence-electron chi connectivity index (χ1n) is 8.42. The molecular weight excluding hydrogens is 441 g/mol. The molecule has 0 saturated carbocycles. The molecule has 0 amide bonds. The van der Waals surface area contributed by atoms with E-state index in [-0.39, 0.29) is 30.1 Å². The average Bonchev–Trinajstić information content (AvgIpc) is 2.64. The Kier molecular flexibility index (Phi) is 9.87. The minimum atomic E-state index is 0. The van der Waals surface area contributed by atoms with Crippen LogP contribution in [0.2, 0.25) is 0 Å². The molecule has 0 aromatic heterocycles. The summed E-state index contributed by atoms with van der Waals surface area (Å²) in [6, 6.07) is 16.0. The maximum Gasteiger partial charge on any atom is 0.191 e. The molecule has 1 atom stereocenters. The van der Waals surface area contributed by atoms with Crippen molar-refractivity contribution in [2.24, 2.45) is 4.99 Å². The van der Waals surface area contributed by atoms with Crippen LogP contribution in [0.4, 0.5) is 0 Å². The predicted octanol–water partition coefficient (Wildman–Crippen LogP) is 3.75. The molecule has 0 aliphatic carbocycles. The lowest BCUT2D eigenvalue weighted by atomic mass is 10.2. The van der Waals surface area contributed by atoms with Crippen molar-refractivity contribution in [3.63, 3.8) is 0 Å². The summed E-state index contributed by atoms with van der Waals surface area (Å²) in [7, 11) is 3.43. The van der Waals surface area contributed by atoms with Crippen molar-refractivity contribution in [3.8, 4) is 11.5 Å². The Morgan fingerprint density at radius 1 is 1.08 bits per heavy atom. The van der Waals surface area contributed by atoms with Crippen LogP contribution in [0.15, 0.2) is 53.5 Å². The van der Waals surface area contributed by atoms with E-state index < -0.39 is 0 Å². The zero-order valence-corrected chi connectivity index (χ0v) is 18.1. The number of aliphatic imine (C=N–C) groups is 1. The first-order valence-corrected chi connectivity index (χ1v) is 8.42. The van der Waals surface area contributed by atoms with Crippen molar-refractivity contribution in [1.82, 2.24) is 10.6 Å². The molecule has 0 saturated heterocycles. The summed E-state index contributed by atoms with van der Waals surface area (Å²) in [5, 5.41) is 6.57. The minimum absolute atomic E-state index is 0. The molecule has 1 unspecified atom stereocenters. The van der Waals surface area contributed by atoms with Gasteiger partial charge in [0.25, 0.3) is 0 Å². The summed E-state index contributed by atoms with van der Waals surface area (Å²) < 4.78 is 11.3. The molecule has 0 heterocycles. The molecule has 2 N–H and O–H groups in total. The second-order valence-corrected chi connectivity index (χ2v) is 5.86. The van der Waals surface area contributed by atoms with Gasteiger partial charge in [-0.05, 0) is 32.0 Å². The summed E-state index contributed by atoms with van der Waals surface area (Å²) in [4.78, 5) is 4.25. The summed E-state index contributed by atoms with van der Waals surface area (Å²) in [5.74, 6) is 2.46. The number of para-hydroxylation sites is 1. The average molecular weight is 469 g/mol. The number of guanidine groups is 1. The van der Waals surface area contributed by atoms with E-state index in [1.54, 1.807) is 14.2 Å². The molecule has 0 aliphatic heterocycles. The number of hydrogen-bond donors (Lipinski definition) is 2. The van der Waals surface area contributed by atoms with Gasteiger partial charge in [-0.3, -0.25) is 4.99 Å². The smallest absolute Gasteiger partial charge is 0.191 e. The molecule has 5 nitrogen and oxygen atoms in total. The predicted molar refractivity (Wildman–Crippen MR) is 118 cm³/mol. The van der Waals surface area contributed by atoms with Crippen LogP contribution in [0.5, 0.6) is 11.5 Å². The summed E-state index contributed by atoms with van der Waals surface area (Å²) in [6.45, 7) is 5.38. The summed E-state index contributed by atoms with van der Waals surface area (Å²) >= 11 is 0. The van der Waals surface area contributed by atoms with Gasteiger partial charge in [-0.1, -0.05) is 35.9 Å². The van der Waals surface area contributed by atoms with Crippen LogP contribution in [-0.2, 0) is 6.54 Å². The fraction of sp³-hybridized carbons (Fsp3) is 0.350. The molecule has 0 spiro atoms. The monoisotopic (exact) mass is 469 g/mol. The van der Waals surface area contributed by atoms with E-state index in [1.165, 1.54) is 5.56 Å². The maximum absolute atomic E-state index is 5.90. The Hall–Kier alpha value is -1.96. The van der Waals surface area contributed by atoms with Gasteiger partial charge in [0.15, 0.2) is 5.96 Å². The highest BCUT2D eigenvalue weighted by atomic mass is 127. The fourth-order valence-electron chi connectivity index (χ4n) is 2.38. The lowest BCUT2D eigenvalue weighted by Crippen LogP contribution is -2.41. The standard InChI is InChI=1S/C20H27N3O2.HI/c1-15-9-11-18(12-10-15)25-16(2)13-22-20(21-3)23-14-17-7-5-6-8-19(17)24-4;/h5-12,16H,13-14H2,1-4H3,(H2,21,22,23);1H. The SMILES string of the molecule is CN=C(NCc1ccccc1OC)NCC(C)Oc1ccc(C)cc1.I. The third kappa shape index (κ3) is 7.11. The first-order chi connectivity index (χ1) is 12.1. The van der Waals surface area contributed by atoms with Crippen LogP contribution in [0.3, 0.4) is 0 Å². The normalized spacial score (nSPS) is 11.9. The molecule has 142 valence electrons. The molecule has 2 aromatic rings. The molecule has 2 rings (SSSR count). The molecule has 26 heavy (non-hydrogen) atoms. The van der Waals surface area contributed by atoms with Crippen molar-refractivity contribution >= 4 is 29.9 Å². The van der Waals surface area contributed by atoms with Gasteiger partial charge in [0.05, 0.1) is 13.7 Å². The van der Waals surface area contributed by atoms with E-state index in [1.807, 2.05) is 55.5 Å². The second kappa shape index (κ2) is 11.6. The Morgan fingerprint density at radius 3 is 2.42 bits per heavy atom. The van der Waals surface area contributed by atoms with Gasteiger partial charge in [0.2, 0.25) is 0 Å². The Labute approximate surface area is 173 Å². The van der Waals surface area contributed by atoms with E-state index in [2.05, 4.69) is 22.5 Å². The first kappa shape index (κ1) is 22.1. The van der Waals surface area contributed by atoms with Crippen molar-refractivity contribution in [1.29, 1.82) is 0 Å². The van der Waals surface area contributed by atoms with E-state index in [0.717, 1.165) is 23.0 Å². The highest BCUT2D eigenvalue weighted by Gasteiger charge is 2.07. The lowest BCUT2D eigenvalue weighted by molar-refractivity contribution is 0.224. The zero-order valence-electron chi connectivity index (χ0n) is 15.8. The van der Waals surface area contributed by atoms with Gasteiger partial charge < -0.3 is 20.1 Å². The zero-order chi connectivity index (χ0) is 18.1. The molecule has 2 aromatic carbocycles. The number of aryl methyl sites for hydroxylation is 1.